The Morgan fingerprint density at radius 3 is 0.760 bits per heavy atom. The lowest BCUT2D eigenvalue weighted by Gasteiger charge is -2.26. The van der Waals surface area contributed by atoms with E-state index in [4.69, 9.17) is 0 Å². The number of anilines is 12. The van der Waals surface area contributed by atoms with Crippen LogP contribution in [-0.2, 0) is 0 Å². The summed E-state index contributed by atoms with van der Waals surface area (Å²) in [5.74, 6) is 1.79. The number of fused-ring (bicyclic) bond motifs is 4. The molecule has 17 rings (SSSR count). The van der Waals surface area contributed by atoms with Crippen molar-refractivity contribution in [1.82, 2.24) is 9.97 Å². The highest BCUT2D eigenvalue weighted by Crippen LogP contribution is 2.50. The van der Waals surface area contributed by atoms with Crippen molar-refractivity contribution >= 4 is 112 Å². The van der Waals surface area contributed by atoms with Crippen molar-refractivity contribution in [2.24, 2.45) is 0 Å². The van der Waals surface area contributed by atoms with Crippen LogP contribution in [0.3, 0.4) is 0 Å². The van der Waals surface area contributed by atoms with E-state index in [2.05, 4.69) is 415 Å². The third-order valence-corrected chi connectivity index (χ3v) is 18.2. The first kappa shape index (κ1) is 56.9. The molecule has 0 aliphatic heterocycles. The molecule has 2 heterocycles. The van der Waals surface area contributed by atoms with Gasteiger partial charge in [-0.15, -0.1) is 0 Å². The quantitative estimate of drug-likeness (QED) is 0.0748. The maximum Gasteiger partial charge on any atom is 0.373 e. The Hall–Kier alpha value is -13.0. The van der Waals surface area contributed by atoms with Gasteiger partial charge in [0, 0.05) is 34.1 Å². The fourth-order valence-corrected chi connectivity index (χ4v) is 13.9. The summed E-state index contributed by atoms with van der Waals surface area (Å²) in [6.07, 6.45) is 0. The standard InChI is InChI=1S/C88H62N8/c1-9-29-65(30-10-1)91(66-31-11-2-12-32-66)73-53-49-63(50-54-73)85-77-59-57-76(94(70-39-19-6-20-40-70)88-90-82-46-26-28-48-84(82)96(88)72-43-23-8-24-44-72)62-80(77)86(64-51-55-74(56-52-64)92(67-33-13-3-14-34-67)68-35-15-4-16-36-68)78-60-58-75(61-79(78)85)93(69-37-17-5-18-38-69)87-89-81-45-25-27-47-83(81)95(87)71-41-21-7-22-42-71/h1-62H/p+2. The number of benzene rings is 15. The number of hydrogen-bond acceptors (Lipinski definition) is 4. The van der Waals surface area contributed by atoms with E-state index in [9.17, 15) is 0 Å². The van der Waals surface area contributed by atoms with Gasteiger partial charge in [0.05, 0.1) is 0 Å². The van der Waals surface area contributed by atoms with Crippen molar-refractivity contribution in [3.63, 3.8) is 0 Å². The van der Waals surface area contributed by atoms with Crippen LogP contribution in [0, 0.1) is 0 Å². The zero-order valence-corrected chi connectivity index (χ0v) is 52.5. The van der Waals surface area contributed by atoms with Crippen LogP contribution < -0.4 is 28.7 Å². The van der Waals surface area contributed by atoms with Crippen LogP contribution in [0.5, 0.6) is 0 Å². The molecule has 96 heavy (non-hydrogen) atoms. The van der Waals surface area contributed by atoms with Gasteiger partial charge in [-0.3, -0.25) is 0 Å². The van der Waals surface area contributed by atoms with Crippen LogP contribution in [0.15, 0.2) is 376 Å². The van der Waals surface area contributed by atoms with Gasteiger partial charge in [-0.25, -0.2) is 9.97 Å². The Bertz CT molecular complexity index is 5130. The molecule has 0 radical (unpaired) electrons. The third kappa shape index (κ3) is 10.4. The average Bonchev–Trinajstić information content (AvgIpc) is 0.861. The van der Waals surface area contributed by atoms with E-state index in [1.165, 1.54) is 0 Å². The number of nitrogens with one attached hydrogen (secondary N) is 2. The Labute approximate surface area is 557 Å². The van der Waals surface area contributed by atoms with Gasteiger partial charge in [-0.05, 0) is 214 Å². The van der Waals surface area contributed by atoms with Gasteiger partial charge < -0.3 is 9.80 Å². The molecule has 0 saturated carbocycles. The Morgan fingerprint density at radius 2 is 0.448 bits per heavy atom. The number of rotatable bonds is 16. The molecule has 0 aliphatic rings. The van der Waals surface area contributed by atoms with Crippen molar-refractivity contribution < 1.29 is 9.13 Å². The fraction of sp³-hybridized carbons (Fsp3) is 0. The van der Waals surface area contributed by atoms with Crippen molar-refractivity contribution in [3.05, 3.63) is 376 Å². The van der Waals surface area contributed by atoms with Crippen molar-refractivity contribution in [3.8, 4) is 33.6 Å². The minimum absolute atomic E-state index is 0.897. The summed E-state index contributed by atoms with van der Waals surface area (Å²) in [5.41, 5.74) is 21.1. The number of hydrogen-bond donors (Lipinski definition) is 2. The predicted molar refractivity (Wildman–Crippen MR) is 398 cm³/mol. The first-order valence-electron chi connectivity index (χ1n) is 32.6. The van der Waals surface area contributed by atoms with Crippen molar-refractivity contribution in [2.45, 2.75) is 0 Å². The number of H-pyrrole nitrogens is 2. The number of nitrogens with zero attached hydrogens (tertiary/aromatic N) is 6. The molecule has 2 N–H and O–H groups in total. The summed E-state index contributed by atoms with van der Waals surface area (Å²) in [4.78, 5) is 17.3. The lowest BCUT2D eigenvalue weighted by molar-refractivity contribution is -0.552. The molecule has 0 atom stereocenters. The molecule has 15 aromatic carbocycles. The predicted octanol–water partition coefficient (Wildman–Crippen LogP) is 22.7. The second-order valence-corrected chi connectivity index (χ2v) is 23.9. The fourth-order valence-electron chi connectivity index (χ4n) is 13.9. The summed E-state index contributed by atoms with van der Waals surface area (Å²) in [6, 6.07) is 135. The molecular weight excluding hydrogens is 1170 g/mol. The minimum atomic E-state index is 0.897. The van der Waals surface area contributed by atoms with Crippen molar-refractivity contribution in [1.29, 1.82) is 0 Å². The van der Waals surface area contributed by atoms with Crippen LogP contribution in [-0.4, -0.2) is 9.97 Å². The highest BCUT2D eigenvalue weighted by atomic mass is 15.3. The largest absolute Gasteiger partial charge is 0.373 e. The molecule has 0 fully saturated rings. The highest BCUT2D eigenvalue weighted by molar-refractivity contribution is 6.23. The van der Waals surface area contributed by atoms with Crippen LogP contribution in [0.2, 0.25) is 0 Å². The summed E-state index contributed by atoms with van der Waals surface area (Å²) in [7, 11) is 0. The first-order chi connectivity index (χ1) is 47.7. The number of aromatic amines is 2. The normalized spacial score (nSPS) is 11.3. The van der Waals surface area contributed by atoms with E-state index in [-0.39, 0.29) is 0 Å². The third-order valence-electron chi connectivity index (χ3n) is 18.2. The Balaban J connectivity index is 0.962. The van der Waals surface area contributed by atoms with Gasteiger partial charge in [-0.1, -0.05) is 206 Å². The SMILES string of the molecule is c1ccc(N(c2ccccc2)c2ccc(-c3c4ccc(N(c5ccccc5)c5[nH]c6ccccc6[n+]5-c5ccccc5)cc4c(-c4ccc(N(c5ccccc5)c5ccccc5)cc4)c4ccc(N(c5ccccc5)c5[nH]c6ccccc6[n+]5-c5ccccc5)cc34)cc2)cc1. The average molecular weight is 1230 g/mol. The Morgan fingerprint density at radius 1 is 0.198 bits per heavy atom. The van der Waals surface area contributed by atoms with Gasteiger partial charge in [0.2, 0.25) is 0 Å². The Kier molecular flexibility index (Phi) is 14.7. The molecule has 2 aromatic heterocycles. The van der Waals surface area contributed by atoms with E-state index >= 15 is 0 Å². The maximum absolute atomic E-state index is 3.94. The molecule has 454 valence electrons. The smallest absolute Gasteiger partial charge is 0.311 e. The summed E-state index contributed by atoms with van der Waals surface area (Å²) in [6.45, 7) is 0. The first-order valence-corrected chi connectivity index (χ1v) is 32.6. The van der Waals surface area contributed by atoms with Crippen LogP contribution in [0.4, 0.5) is 68.8 Å². The molecule has 0 spiro atoms. The molecule has 8 heteroatoms. The number of para-hydroxylation sites is 12. The second kappa shape index (κ2) is 24.9. The molecule has 17 aromatic rings. The molecule has 0 saturated heterocycles. The van der Waals surface area contributed by atoms with E-state index in [0.29, 0.717) is 0 Å². The van der Waals surface area contributed by atoms with Crippen LogP contribution in [0.25, 0.3) is 77.2 Å². The molecule has 0 amide bonds. The van der Waals surface area contributed by atoms with E-state index < -0.39 is 0 Å². The highest BCUT2D eigenvalue weighted by Gasteiger charge is 2.33. The summed E-state index contributed by atoms with van der Waals surface area (Å²) >= 11 is 0. The van der Waals surface area contributed by atoms with Crippen LogP contribution >= 0.6 is 0 Å². The van der Waals surface area contributed by atoms with Gasteiger partial charge in [0.15, 0.2) is 0 Å². The zero-order valence-electron chi connectivity index (χ0n) is 52.5. The minimum Gasteiger partial charge on any atom is -0.311 e. The van der Waals surface area contributed by atoms with E-state index in [0.717, 1.165) is 146 Å². The van der Waals surface area contributed by atoms with Gasteiger partial charge >= 0.3 is 11.9 Å². The lowest BCUT2D eigenvalue weighted by Crippen LogP contribution is -2.35. The number of aromatic nitrogens is 4. The zero-order chi connectivity index (χ0) is 63.7. The monoisotopic (exact) mass is 1230 g/mol. The lowest BCUT2D eigenvalue weighted by atomic mass is 9.85. The van der Waals surface area contributed by atoms with E-state index in [1.54, 1.807) is 0 Å². The van der Waals surface area contributed by atoms with Gasteiger partial charge in [-0.2, -0.15) is 18.9 Å². The summed E-state index contributed by atoms with van der Waals surface area (Å²) in [5, 5.41) is 4.40. The van der Waals surface area contributed by atoms with Gasteiger partial charge in [0.1, 0.15) is 56.2 Å². The second-order valence-electron chi connectivity index (χ2n) is 23.9. The molecule has 0 bridgehead atoms. The van der Waals surface area contributed by atoms with E-state index in [1.807, 2.05) is 0 Å². The van der Waals surface area contributed by atoms with Crippen LogP contribution in [0.1, 0.15) is 0 Å². The summed E-state index contributed by atoms with van der Waals surface area (Å²) < 4.78 is 4.68. The van der Waals surface area contributed by atoms with Crippen molar-refractivity contribution in [2.75, 3.05) is 19.6 Å². The topological polar surface area (TPSA) is 52.3 Å². The number of imidazole rings is 2. The van der Waals surface area contributed by atoms with Gasteiger partial charge in [0.25, 0.3) is 0 Å². The molecule has 0 aliphatic carbocycles. The maximum atomic E-state index is 3.94. The molecular formula is C88H64N8+2. The molecule has 8 nitrogen and oxygen atoms in total. The molecule has 0 unspecified atom stereocenters.